The third-order valence-electron chi connectivity index (χ3n) is 9.58. The Balaban J connectivity index is 3.61. The molecule has 0 unspecified atom stereocenters. The van der Waals surface area contributed by atoms with E-state index in [1.54, 1.807) is 19.9 Å². The number of rotatable bonds is 27. The lowest BCUT2D eigenvalue weighted by molar-refractivity contribution is -0.146. The first kappa shape index (κ1) is 53.4. The highest BCUT2D eigenvalue weighted by Crippen LogP contribution is 2.12. The van der Waals surface area contributed by atoms with Crippen molar-refractivity contribution in [3.8, 4) is 0 Å². The van der Waals surface area contributed by atoms with Crippen LogP contribution in [0.3, 0.4) is 0 Å². The van der Waals surface area contributed by atoms with Crippen LogP contribution >= 0.6 is 0 Å². The number of nitrogens with zero attached hydrogens (tertiary/aromatic N) is 1. The predicted octanol–water partition coefficient (Wildman–Crippen LogP) is -3.17. The average molecular weight is 867 g/mol. The molecule has 1 aliphatic rings. The van der Waals surface area contributed by atoms with Gasteiger partial charge in [-0.25, -0.2) is 5.43 Å². The Hall–Kier alpha value is -5.65. The molecular weight excluding hydrogens is 804 g/mol. The van der Waals surface area contributed by atoms with E-state index in [2.05, 4.69) is 42.8 Å². The van der Waals surface area contributed by atoms with E-state index in [0.717, 1.165) is 4.90 Å². The molecule has 0 aromatic carbocycles. The van der Waals surface area contributed by atoms with Crippen molar-refractivity contribution < 1.29 is 63.0 Å². The second kappa shape index (κ2) is 28.8. The maximum atomic E-state index is 14.4. The molecule has 1 aliphatic heterocycles. The second-order valence-corrected chi connectivity index (χ2v) is 14.6. The zero-order valence-electron chi connectivity index (χ0n) is 35.0. The fraction of sp³-hybridized carbons (Fsp3) is 0.658. The standard InChI is InChI=1S/C38H62N10O13/c1-5-22(2)31(36(59)44-27(11-8-9-17-39)35(58)43-26(21-51)14-16-30(55)56)46-47-37(60)33(40-23(3)19-49)48-18-10-6-7-12-28(52)41-24(4)34(57)45-32(38(48)61)42-25(20-50)13-15-29(53)54/h6,10,19-27,31-33,40,42,46H,5,7-9,11-18,39H2,1-4H3,(H,41,52)(H,43,58)(H,44,59)(H,45,57)(H,47,60)(H,53,54)(H,55,56)/t22-,23-,24-,25-,26-,27-,31-,32+,33+/m0/s1. The van der Waals surface area contributed by atoms with E-state index in [-0.39, 0.29) is 45.2 Å². The fourth-order valence-electron chi connectivity index (χ4n) is 5.79. The molecule has 12 N–H and O–H groups in total. The van der Waals surface area contributed by atoms with Gasteiger partial charge in [-0.1, -0.05) is 32.4 Å². The van der Waals surface area contributed by atoms with Gasteiger partial charge >= 0.3 is 11.9 Å². The molecule has 0 saturated carbocycles. The summed E-state index contributed by atoms with van der Waals surface area (Å²) in [5, 5.41) is 33.5. The van der Waals surface area contributed by atoms with Crippen LogP contribution < -0.4 is 48.5 Å². The van der Waals surface area contributed by atoms with Crippen LogP contribution in [0.25, 0.3) is 0 Å². The first-order chi connectivity index (χ1) is 28.9. The molecule has 342 valence electrons. The number of hydrogen-bond acceptors (Lipinski definition) is 15. The van der Waals surface area contributed by atoms with Crippen molar-refractivity contribution in [3.05, 3.63) is 12.2 Å². The van der Waals surface area contributed by atoms with Gasteiger partial charge < -0.3 is 56.5 Å². The van der Waals surface area contributed by atoms with Crippen LogP contribution in [0.1, 0.15) is 91.9 Å². The number of carboxylic acids is 2. The Morgan fingerprint density at radius 1 is 0.869 bits per heavy atom. The third kappa shape index (κ3) is 20.0. The van der Waals surface area contributed by atoms with E-state index in [0.29, 0.717) is 38.1 Å². The topological polar surface area (TPSA) is 354 Å². The Kier molecular flexibility index (Phi) is 25.2. The Labute approximate surface area is 353 Å². The van der Waals surface area contributed by atoms with Gasteiger partial charge in [0.2, 0.25) is 23.6 Å². The zero-order valence-corrected chi connectivity index (χ0v) is 35.0. The van der Waals surface area contributed by atoms with E-state index in [9.17, 15) is 57.8 Å². The number of aldehydes is 3. The average Bonchev–Trinajstić information content (AvgIpc) is 3.22. The van der Waals surface area contributed by atoms with Crippen LogP contribution in [-0.4, -0.2) is 143 Å². The summed E-state index contributed by atoms with van der Waals surface area (Å²) in [5.41, 5.74) is 10.7. The predicted molar refractivity (Wildman–Crippen MR) is 216 cm³/mol. The van der Waals surface area contributed by atoms with Gasteiger partial charge in [-0.3, -0.25) is 54.4 Å². The first-order valence-electron chi connectivity index (χ1n) is 20.2. The SMILES string of the molecule is CC[C@H](C)[C@H](NNC(=O)[C@H](N[C@@H](C)C=O)N1CC=CCCC(=O)N[C@@H](C)C(=O)N[C@@H](N[C@H](C=O)CCC(=O)O)C1=O)C(=O)N[C@@H](CCCCN)C(=O)N[C@H](C=O)CCC(=O)O. The summed E-state index contributed by atoms with van der Waals surface area (Å²) in [6, 6.07) is -7.12. The lowest BCUT2D eigenvalue weighted by Gasteiger charge is -2.36. The van der Waals surface area contributed by atoms with Crippen molar-refractivity contribution in [2.45, 2.75) is 140 Å². The van der Waals surface area contributed by atoms with E-state index < -0.39 is 115 Å². The van der Waals surface area contributed by atoms with E-state index >= 15 is 0 Å². The van der Waals surface area contributed by atoms with Crippen molar-refractivity contribution in [1.29, 1.82) is 0 Å². The number of hydrazine groups is 1. The quantitative estimate of drug-likeness (QED) is 0.0168. The smallest absolute Gasteiger partial charge is 0.303 e. The summed E-state index contributed by atoms with van der Waals surface area (Å²) in [7, 11) is 0. The number of carboxylic acid groups (broad SMARTS) is 2. The van der Waals surface area contributed by atoms with Crippen LogP contribution in [0, 0.1) is 5.92 Å². The lowest BCUT2D eigenvalue weighted by atomic mass is 9.98. The summed E-state index contributed by atoms with van der Waals surface area (Å²) in [6.07, 6.45) is 0.746. The summed E-state index contributed by atoms with van der Waals surface area (Å²) >= 11 is 0. The molecule has 0 aromatic rings. The van der Waals surface area contributed by atoms with Gasteiger partial charge in [-0.2, -0.15) is 0 Å². The minimum Gasteiger partial charge on any atom is -0.481 e. The third-order valence-corrected chi connectivity index (χ3v) is 9.58. The van der Waals surface area contributed by atoms with Gasteiger partial charge in [-0.15, -0.1) is 0 Å². The highest BCUT2D eigenvalue weighted by Gasteiger charge is 2.38. The number of aliphatic carboxylic acids is 2. The minimum atomic E-state index is -1.79. The molecule has 61 heavy (non-hydrogen) atoms. The first-order valence-corrected chi connectivity index (χ1v) is 20.2. The normalized spacial score (nSPS) is 19.6. The monoisotopic (exact) mass is 866 g/mol. The molecule has 0 bridgehead atoms. The molecule has 6 amide bonds. The molecule has 1 rings (SSSR count). The molecule has 0 radical (unpaired) electrons. The Bertz CT molecular complexity index is 1560. The van der Waals surface area contributed by atoms with Crippen molar-refractivity contribution in [1.82, 2.24) is 47.7 Å². The molecule has 23 heteroatoms. The number of nitrogens with two attached hydrogens (primary N) is 1. The van der Waals surface area contributed by atoms with E-state index in [1.807, 2.05) is 0 Å². The van der Waals surface area contributed by atoms with Gasteiger partial charge in [0.1, 0.15) is 37.0 Å². The highest BCUT2D eigenvalue weighted by molar-refractivity contribution is 5.95. The van der Waals surface area contributed by atoms with Gasteiger partial charge in [0, 0.05) is 25.8 Å². The van der Waals surface area contributed by atoms with Gasteiger partial charge in [0.25, 0.3) is 11.8 Å². The minimum absolute atomic E-state index is 0.0442. The molecule has 0 aromatic heterocycles. The Morgan fingerprint density at radius 2 is 1.51 bits per heavy atom. The van der Waals surface area contributed by atoms with Crippen LogP contribution in [-0.2, 0) is 52.7 Å². The molecule has 0 aliphatic carbocycles. The van der Waals surface area contributed by atoms with Crippen LogP contribution in [0.5, 0.6) is 0 Å². The molecule has 0 saturated heterocycles. The maximum Gasteiger partial charge on any atom is 0.303 e. The number of allylic oxidation sites excluding steroid dienone is 1. The number of unbranched alkanes of at least 4 members (excludes halogenated alkanes) is 1. The molecule has 0 spiro atoms. The van der Waals surface area contributed by atoms with Crippen molar-refractivity contribution >= 4 is 66.2 Å². The zero-order chi connectivity index (χ0) is 46.1. The lowest BCUT2D eigenvalue weighted by Crippen LogP contribution is -2.68. The van der Waals surface area contributed by atoms with Gasteiger partial charge in [0.05, 0.1) is 18.1 Å². The van der Waals surface area contributed by atoms with Crippen LogP contribution in [0.4, 0.5) is 0 Å². The maximum absolute atomic E-state index is 14.4. The largest absolute Gasteiger partial charge is 0.481 e. The van der Waals surface area contributed by atoms with E-state index in [1.165, 1.54) is 19.9 Å². The number of carbonyl (C=O) groups excluding carboxylic acids is 9. The van der Waals surface area contributed by atoms with Gasteiger partial charge in [0.15, 0.2) is 12.3 Å². The molecule has 1 heterocycles. The van der Waals surface area contributed by atoms with Crippen molar-refractivity contribution in [2.24, 2.45) is 11.7 Å². The summed E-state index contributed by atoms with van der Waals surface area (Å²) in [5.74, 6) is -7.85. The number of carbonyl (C=O) groups is 11. The molecule has 23 nitrogen and oxygen atoms in total. The summed E-state index contributed by atoms with van der Waals surface area (Å²) in [4.78, 5) is 140. The molecule has 0 fully saturated rings. The number of amides is 6. The van der Waals surface area contributed by atoms with Gasteiger partial charge in [-0.05, 0) is 64.8 Å². The fourth-order valence-corrected chi connectivity index (χ4v) is 5.79. The van der Waals surface area contributed by atoms with Crippen LogP contribution in [0.15, 0.2) is 12.2 Å². The second-order valence-electron chi connectivity index (χ2n) is 14.6. The summed E-state index contributed by atoms with van der Waals surface area (Å²) < 4.78 is 0. The Morgan fingerprint density at radius 3 is 2.08 bits per heavy atom. The summed E-state index contributed by atoms with van der Waals surface area (Å²) in [6.45, 7) is 6.08. The van der Waals surface area contributed by atoms with Crippen molar-refractivity contribution in [3.63, 3.8) is 0 Å². The number of nitrogens with one attached hydrogen (secondary N) is 8. The molecular formula is C38H62N10O13. The number of hydrogen-bond donors (Lipinski definition) is 11. The van der Waals surface area contributed by atoms with Crippen LogP contribution in [0.2, 0.25) is 0 Å². The van der Waals surface area contributed by atoms with Crippen molar-refractivity contribution in [2.75, 3.05) is 13.1 Å². The highest BCUT2D eigenvalue weighted by atomic mass is 16.4. The van der Waals surface area contributed by atoms with E-state index in [4.69, 9.17) is 10.8 Å². The molecule has 9 atom stereocenters.